The van der Waals surface area contributed by atoms with E-state index >= 15 is 0 Å². The third-order valence-corrected chi connectivity index (χ3v) is 2.62. The Kier molecular flexibility index (Phi) is 12.9. The van der Waals surface area contributed by atoms with E-state index in [-0.39, 0.29) is 0 Å². The molecule has 3 nitrogen and oxygen atoms in total. The third-order valence-electron chi connectivity index (χ3n) is 2.62. The highest BCUT2D eigenvalue weighted by Crippen LogP contribution is 1.96. The van der Waals surface area contributed by atoms with E-state index in [0.717, 1.165) is 39.1 Å². The number of ether oxygens (including phenoxy) is 1. The van der Waals surface area contributed by atoms with Gasteiger partial charge in [0.25, 0.3) is 0 Å². The fourth-order valence-electron chi connectivity index (χ4n) is 1.50. The van der Waals surface area contributed by atoms with Crippen molar-refractivity contribution < 1.29 is 4.74 Å². The van der Waals surface area contributed by atoms with Gasteiger partial charge in [0.15, 0.2) is 0 Å². The average molecular weight is 230 g/mol. The first kappa shape index (κ1) is 15.9. The van der Waals surface area contributed by atoms with Gasteiger partial charge in [0, 0.05) is 25.8 Å². The SMILES string of the molecule is CCCCOCCCNCC(N)CCCC. The molecule has 0 aliphatic heterocycles. The summed E-state index contributed by atoms with van der Waals surface area (Å²) in [6.45, 7) is 8.13. The Morgan fingerprint density at radius 3 is 2.44 bits per heavy atom. The zero-order chi connectivity index (χ0) is 12.1. The van der Waals surface area contributed by atoms with Gasteiger partial charge in [-0.3, -0.25) is 0 Å². The summed E-state index contributed by atoms with van der Waals surface area (Å²) in [5.41, 5.74) is 5.95. The summed E-state index contributed by atoms with van der Waals surface area (Å²) in [6, 6.07) is 0.320. The zero-order valence-electron chi connectivity index (χ0n) is 11.1. The second kappa shape index (κ2) is 12.9. The van der Waals surface area contributed by atoms with Crippen molar-refractivity contribution in [3.8, 4) is 0 Å². The van der Waals surface area contributed by atoms with Crippen LogP contribution < -0.4 is 11.1 Å². The Hall–Kier alpha value is -0.120. The molecule has 0 fully saturated rings. The van der Waals surface area contributed by atoms with Crippen LogP contribution in [-0.4, -0.2) is 32.3 Å². The van der Waals surface area contributed by atoms with E-state index in [0.29, 0.717) is 6.04 Å². The third kappa shape index (κ3) is 12.0. The van der Waals surface area contributed by atoms with Crippen molar-refractivity contribution in [2.75, 3.05) is 26.3 Å². The molecule has 0 heterocycles. The lowest BCUT2D eigenvalue weighted by Gasteiger charge is -2.12. The molecule has 98 valence electrons. The van der Waals surface area contributed by atoms with E-state index < -0.39 is 0 Å². The topological polar surface area (TPSA) is 47.3 Å². The van der Waals surface area contributed by atoms with Crippen LogP contribution in [0, 0.1) is 0 Å². The van der Waals surface area contributed by atoms with Gasteiger partial charge in [-0.1, -0.05) is 33.1 Å². The highest BCUT2D eigenvalue weighted by molar-refractivity contribution is 4.64. The molecule has 0 saturated heterocycles. The number of hydrogen-bond donors (Lipinski definition) is 2. The standard InChI is InChI=1S/C13H30N2O/c1-3-5-8-13(14)12-15-9-7-11-16-10-6-4-2/h13,15H,3-12,14H2,1-2H3. The lowest BCUT2D eigenvalue weighted by molar-refractivity contribution is 0.128. The fraction of sp³-hybridized carbons (Fsp3) is 1.00. The summed E-state index contributed by atoms with van der Waals surface area (Å²) >= 11 is 0. The smallest absolute Gasteiger partial charge is 0.0478 e. The van der Waals surface area contributed by atoms with E-state index in [1.165, 1.54) is 25.7 Å². The minimum atomic E-state index is 0.320. The molecule has 16 heavy (non-hydrogen) atoms. The van der Waals surface area contributed by atoms with Crippen LogP contribution >= 0.6 is 0 Å². The highest BCUT2D eigenvalue weighted by Gasteiger charge is 2.00. The van der Waals surface area contributed by atoms with Gasteiger partial charge in [0.1, 0.15) is 0 Å². The van der Waals surface area contributed by atoms with Crippen molar-refractivity contribution in [2.24, 2.45) is 5.73 Å². The maximum atomic E-state index is 5.95. The number of nitrogens with two attached hydrogens (primary N) is 1. The Balaban J connectivity index is 3.02. The van der Waals surface area contributed by atoms with E-state index in [1.54, 1.807) is 0 Å². The molecule has 0 bridgehead atoms. The van der Waals surface area contributed by atoms with Crippen LogP contribution in [0.1, 0.15) is 52.4 Å². The maximum Gasteiger partial charge on any atom is 0.0478 e. The molecule has 1 unspecified atom stereocenters. The molecular weight excluding hydrogens is 200 g/mol. The molecule has 3 heteroatoms. The van der Waals surface area contributed by atoms with Crippen LogP contribution in [0.5, 0.6) is 0 Å². The number of hydrogen-bond acceptors (Lipinski definition) is 3. The van der Waals surface area contributed by atoms with Gasteiger partial charge in [-0.05, 0) is 25.8 Å². The Morgan fingerprint density at radius 2 is 1.75 bits per heavy atom. The van der Waals surface area contributed by atoms with Crippen LogP contribution in [0.15, 0.2) is 0 Å². The lowest BCUT2D eigenvalue weighted by atomic mass is 10.1. The van der Waals surface area contributed by atoms with Crippen LogP contribution in [-0.2, 0) is 4.74 Å². The van der Waals surface area contributed by atoms with Gasteiger partial charge in [-0.2, -0.15) is 0 Å². The van der Waals surface area contributed by atoms with Gasteiger partial charge in [0.2, 0.25) is 0 Å². The second-order valence-electron chi connectivity index (χ2n) is 4.43. The monoisotopic (exact) mass is 230 g/mol. The lowest BCUT2D eigenvalue weighted by Crippen LogP contribution is -2.34. The normalized spacial score (nSPS) is 12.9. The van der Waals surface area contributed by atoms with Gasteiger partial charge < -0.3 is 15.8 Å². The molecule has 0 aromatic carbocycles. The first-order valence-electron chi connectivity index (χ1n) is 6.85. The summed E-state index contributed by atoms with van der Waals surface area (Å²) < 4.78 is 5.47. The van der Waals surface area contributed by atoms with Crippen molar-refractivity contribution >= 4 is 0 Å². The molecule has 1 atom stereocenters. The fourth-order valence-corrected chi connectivity index (χ4v) is 1.50. The van der Waals surface area contributed by atoms with Gasteiger partial charge in [-0.15, -0.1) is 0 Å². The molecule has 0 aliphatic rings. The van der Waals surface area contributed by atoms with Crippen LogP contribution in [0.25, 0.3) is 0 Å². The predicted octanol–water partition coefficient (Wildman–Crippen LogP) is 2.30. The molecule has 0 radical (unpaired) electrons. The Morgan fingerprint density at radius 1 is 1.06 bits per heavy atom. The van der Waals surface area contributed by atoms with Crippen LogP contribution in [0.3, 0.4) is 0 Å². The minimum absolute atomic E-state index is 0.320. The summed E-state index contributed by atoms with van der Waals surface area (Å²) in [7, 11) is 0. The Labute approximate surface area is 101 Å². The molecule has 0 aromatic heterocycles. The largest absolute Gasteiger partial charge is 0.381 e. The quantitative estimate of drug-likeness (QED) is 0.506. The van der Waals surface area contributed by atoms with Crippen LogP contribution in [0.2, 0.25) is 0 Å². The van der Waals surface area contributed by atoms with Gasteiger partial charge >= 0.3 is 0 Å². The summed E-state index contributed by atoms with van der Waals surface area (Å²) in [6.07, 6.45) is 7.09. The van der Waals surface area contributed by atoms with Gasteiger partial charge in [-0.25, -0.2) is 0 Å². The van der Waals surface area contributed by atoms with E-state index in [9.17, 15) is 0 Å². The first-order valence-corrected chi connectivity index (χ1v) is 6.85. The van der Waals surface area contributed by atoms with Crippen LogP contribution in [0.4, 0.5) is 0 Å². The van der Waals surface area contributed by atoms with Crippen molar-refractivity contribution in [1.82, 2.24) is 5.32 Å². The summed E-state index contributed by atoms with van der Waals surface area (Å²) in [5.74, 6) is 0. The predicted molar refractivity (Wildman–Crippen MR) is 70.7 cm³/mol. The minimum Gasteiger partial charge on any atom is -0.381 e. The van der Waals surface area contributed by atoms with E-state index in [1.807, 2.05) is 0 Å². The molecule has 0 amide bonds. The van der Waals surface area contributed by atoms with Crippen molar-refractivity contribution in [3.05, 3.63) is 0 Å². The number of nitrogens with one attached hydrogen (secondary N) is 1. The van der Waals surface area contributed by atoms with Crippen molar-refractivity contribution in [2.45, 2.75) is 58.4 Å². The molecule has 0 rings (SSSR count). The molecule has 0 spiro atoms. The first-order chi connectivity index (χ1) is 7.81. The van der Waals surface area contributed by atoms with E-state index in [4.69, 9.17) is 10.5 Å². The number of unbranched alkanes of at least 4 members (excludes halogenated alkanes) is 2. The zero-order valence-corrected chi connectivity index (χ0v) is 11.1. The van der Waals surface area contributed by atoms with Crippen molar-refractivity contribution in [1.29, 1.82) is 0 Å². The second-order valence-corrected chi connectivity index (χ2v) is 4.43. The average Bonchev–Trinajstić information content (AvgIpc) is 2.30. The highest BCUT2D eigenvalue weighted by atomic mass is 16.5. The molecular formula is C13H30N2O. The molecule has 0 aliphatic carbocycles. The van der Waals surface area contributed by atoms with Gasteiger partial charge in [0.05, 0.1) is 0 Å². The van der Waals surface area contributed by atoms with Crippen molar-refractivity contribution in [3.63, 3.8) is 0 Å². The molecule has 3 N–H and O–H groups in total. The number of rotatable bonds is 12. The summed E-state index contributed by atoms with van der Waals surface area (Å²) in [5, 5.41) is 3.38. The summed E-state index contributed by atoms with van der Waals surface area (Å²) in [4.78, 5) is 0. The maximum absolute atomic E-state index is 5.95. The molecule has 0 saturated carbocycles. The Bertz CT molecular complexity index is 131. The molecule has 0 aromatic rings. The van der Waals surface area contributed by atoms with E-state index in [2.05, 4.69) is 19.2 Å².